The van der Waals surface area contributed by atoms with Gasteiger partial charge in [-0.25, -0.2) is 8.42 Å². The third kappa shape index (κ3) is 5.85. The number of halogens is 4. The number of carbonyl (C=O) groups excluding carboxylic acids is 1. The van der Waals surface area contributed by atoms with Crippen LogP contribution in [0.15, 0.2) is 53.4 Å². The molecule has 166 valence electrons. The predicted molar refractivity (Wildman–Crippen MR) is 110 cm³/mol. The number of hydrogen-bond donors (Lipinski definition) is 1. The molecule has 0 unspecified atom stereocenters. The Kier molecular flexibility index (Phi) is 7.05. The molecule has 0 aliphatic carbocycles. The lowest BCUT2D eigenvalue weighted by Crippen LogP contribution is -2.40. The molecule has 31 heavy (non-hydrogen) atoms. The van der Waals surface area contributed by atoms with E-state index in [0.29, 0.717) is 13.2 Å². The van der Waals surface area contributed by atoms with Gasteiger partial charge in [-0.2, -0.15) is 17.5 Å². The van der Waals surface area contributed by atoms with Crippen molar-refractivity contribution in [2.75, 3.05) is 31.6 Å². The first-order valence-corrected chi connectivity index (χ1v) is 10.9. The summed E-state index contributed by atoms with van der Waals surface area (Å²) in [5.74, 6) is -0.635. The number of ether oxygens (including phenoxy) is 1. The van der Waals surface area contributed by atoms with Crippen LogP contribution in [0.2, 0.25) is 5.02 Å². The highest BCUT2D eigenvalue weighted by atomic mass is 35.5. The van der Waals surface area contributed by atoms with E-state index in [1.165, 1.54) is 40.7 Å². The van der Waals surface area contributed by atoms with Crippen molar-refractivity contribution in [3.8, 4) is 0 Å². The quantitative estimate of drug-likeness (QED) is 0.664. The maximum atomic E-state index is 12.9. The van der Waals surface area contributed by atoms with Gasteiger partial charge in [-0.05, 0) is 42.0 Å². The van der Waals surface area contributed by atoms with Crippen LogP contribution >= 0.6 is 11.6 Å². The van der Waals surface area contributed by atoms with Crippen molar-refractivity contribution in [1.29, 1.82) is 0 Å². The van der Waals surface area contributed by atoms with Crippen molar-refractivity contribution in [2.45, 2.75) is 11.1 Å². The fourth-order valence-corrected chi connectivity index (χ4v) is 4.57. The summed E-state index contributed by atoms with van der Waals surface area (Å²) in [4.78, 5) is 12.2. The Morgan fingerprint density at radius 3 is 2.52 bits per heavy atom. The van der Waals surface area contributed by atoms with Crippen LogP contribution in [0.5, 0.6) is 0 Å². The topological polar surface area (TPSA) is 75.7 Å². The Morgan fingerprint density at radius 2 is 1.84 bits per heavy atom. The van der Waals surface area contributed by atoms with E-state index in [4.69, 9.17) is 16.3 Å². The standard InChI is InChI=1S/C20H18ClF3N2O4S/c21-18-6-4-14(12-17(18)20(22,23)24)5-7-19(27)25-15-2-1-3-16(13-15)31(28,29)26-8-10-30-11-9-26/h1-7,12-13H,8-11H2,(H,25,27)/b7-5+. The third-order valence-corrected chi connectivity index (χ3v) is 6.66. The summed E-state index contributed by atoms with van der Waals surface area (Å²) < 4.78 is 70.7. The van der Waals surface area contributed by atoms with Crippen LogP contribution in [0, 0.1) is 0 Å². The number of sulfonamides is 1. The molecule has 1 aliphatic heterocycles. The second-order valence-corrected chi connectivity index (χ2v) is 8.95. The summed E-state index contributed by atoms with van der Waals surface area (Å²) in [5.41, 5.74) is -0.635. The van der Waals surface area contributed by atoms with E-state index in [1.807, 2.05) is 0 Å². The van der Waals surface area contributed by atoms with Crippen molar-refractivity contribution < 1.29 is 31.1 Å². The third-order valence-electron chi connectivity index (χ3n) is 4.43. The number of nitrogens with zero attached hydrogens (tertiary/aromatic N) is 1. The maximum Gasteiger partial charge on any atom is 0.417 e. The molecule has 2 aromatic carbocycles. The lowest BCUT2D eigenvalue weighted by molar-refractivity contribution is -0.137. The smallest absolute Gasteiger partial charge is 0.379 e. The Bertz CT molecular complexity index is 1100. The number of morpholine rings is 1. The first-order chi connectivity index (χ1) is 14.6. The second kappa shape index (κ2) is 9.39. The van der Waals surface area contributed by atoms with Gasteiger partial charge in [-0.1, -0.05) is 23.7 Å². The minimum Gasteiger partial charge on any atom is -0.379 e. The minimum absolute atomic E-state index is 0.0173. The van der Waals surface area contributed by atoms with E-state index in [1.54, 1.807) is 0 Å². The predicted octanol–water partition coefficient (Wildman–Crippen LogP) is 4.03. The van der Waals surface area contributed by atoms with Crippen molar-refractivity contribution in [3.05, 3.63) is 64.7 Å². The molecule has 1 amide bonds. The fraction of sp³-hybridized carbons (Fsp3) is 0.250. The number of hydrogen-bond acceptors (Lipinski definition) is 4. The van der Waals surface area contributed by atoms with E-state index in [-0.39, 0.29) is 29.2 Å². The number of anilines is 1. The largest absolute Gasteiger partial charge is 0.417 e. The number of benzene rings is 2. The van der Waals surface area contributed by atoms with Crippen molar-refractivity contribution in [3.63, 3.8) is 0 Å². The van der Waals surface area contributed by atoms with Crippen LogP contribution in [0.1, 0.15) is 11.1 Å². The van der Waals surface area contributed by atoms with Crippen LogP contribution in [-0.2, 0) is 25.7 Å². The number of carbonyl (C=O) groups is 1. The van der Waals surface area contributed by atoms with Gasteiger partial charge in [0, 0.05) is 24.9 Å². The Balaban J connectivity index is 1.72. The highest BCUT2D eigenvalue weighted by Crippen LogP contribution is 2.35. The first kappa shape index (κ1) is 23.3. The van der Waals surface area contributed by atoms with Crippen molar-refractivity contribution >= 4 is 39.3 Å². The Hall–Kier alpha value is -2.40. The number of amides is 1. The van der Waals surface area contributed by atoms with Crippen LogP contribution in [0.4, 0.5) is 18.9 Å². The van der Waals surface area contributed by atoms with Gasteiger partial charge in [0.05, 0.1) is 28.7 Å². The average Bonchev–Trinajstić information content (AvgIpc) is 2.73. The zero-order valence-electron chi connectivity index (χ0n) is 16.0. The summed E-state index contributed by atoms with van der Waals surface area (Å²) in [6.45, 7) is 1.09. The molecule has 0 radical (unpaired) electrons. The molecule has 1 fully saturated rings. The lowest BCUT2D eigenvalue weighted by Gasteiger charge is -2.26. The zero-order chi connectivity index (χ0) is 22.6. The minimum atomic E-state index is -4.62. The molecule has 0 atom stereocenters. The molecule has 2 aromatic rings. The van der Waals surface area contributed by atoms with E-state index in [2.05, 4.69) is 5.32 Å². The highest BCUT2D eigenvalue weighted by Gasteiger charge is 2.33. The van der Waals surface area contributed by atoms with Gasteiger partial charge in [0.15, 0.2) is 0 Å². The molecule has 0 spiro atoms. The van der Waals surface area contributed by atoms with E-state index in [9.17, 15) is 26.4 Å². The van der Waals surface area contributed by atoms with Gasteiger partial charge in [0.25, 0.3) is 0 Å². The molecular formula is C20H18ClF3N2O4S. The van der Waals surface area contributed by atoms with E-state index >= 15 is 0 Å². The van der Waals surface area contributed by atoms with Gasteiger partial charge in [0.1, 0.15) is 0 Å². The molecule has 6 nitrogen and oxygen atoms in total. The summed E-state index contributed by atoms with van der Waals surface area (Å²) in [6.07, 6.45) is -2.36. The lowest BCUT2D eigenvalue weighted by atomic mass is 10.1. The first-order valence-electron chi connectivity index (χ1n) is 9.11. The van der Waals surface area contributed by atoms with E-state index in [0.717, 1.165) is 18.2 Å². The number of alkyl halides is 3. The Morgan fingerprint density at radius 1 is 1.13 bits per heavy atom. The average molecular weight is 475 g/mol. The van der Waals surface area contributed by atoms with Gasteiger partial charge in [-0.15, -0.1) is 0 Å². The molecule has 1 N–H and O–H groups in total. The number of nitrogens with one attached hydrogen (secondary N) is 1. The molecule has 1 aliphatic rings. The van der Waals surface area contributed by atoms with Gasteiger partial charge >= 0.3 is 6.18 Å². The molecule has 0 saturated carbocycles. The summed E-state index contributed by atoms with van der Waals surface area (Å²) in [6, 6.07) is 9.01. The summed E-state index contributed by atoms with van der Waals surface area (Å²) >= 11 is 5.58. The van der Waals surface area contributed by atoms with E-state index < -0.39 is 32.7 Å². The SMILES string of the molecule is O=C(/C=C/c1ccc(Cl)c(C(F)(F)F)c1)Nc1cccc(S(=O)(=O)N2CCOCC2)c1. The molecule has 11 heteroatoms. The number of rotatable bonds is 5. The molecule has 3 rings (SSSR count). The molecule has 1 heterocycles. The van der Waals surface area contributed by atoms with Crippen molar-refractivity contribution in [2.24, 2.45) is 0 Å². The van der Waals surface area contributed by atoms with Crippen LogP contribution < -0.4 is 5.32 Å². The molecule has 0 aromatic heterocycles. The molecule has 1 saturated heterocycles. The summed E-state index contributed by atoms with van der Waals surface area (Å²) in [5, 5.41) is 2.06. The van der Waals surface area contributed by atoms with Crippen LogP contribution in [0.3, 0.4) is 0 Å². The second-order valence-electron chi connectivity index (χ2n) is 6.60. The maximum absolute atomic E-state index is 12.9. The molecular weight excluding hydrogens is 457 g/mol. The van der Waals surface area contributed by atoms with Crippen molar-refractivity contribution in [1.82, 2.24) is 4.31 Å². The van der Waals surface area contributed by atoms with Gasteiger partial charge in [0.2, 0.25) is 15.9 Å². The highest BCUT2D eigenvalue weighted by molar-refractivity contribution is 7.89. The van der Waals surface area contributed by atoms with Crippen LogP contribution in [0.25, 0.3) is 6.08 Å². The Labute approximate surface area is 182 Å². The van der Waals surface area contributed by atoms with Gasteiger partial charge < -0.3 is 10.1 Å². The normalized spacial score (nSPS) is 15.9. The van der Waals surface area contributed by atoms with Gasteiger partial charge in [-0.3, -0.25) is 4.79 Å². The zero-order valence-corrected chi connectivity index (χ0v) is 17.6. The summed E-state index contributed by atoms with van der Waals surface area (Å²) in [7, 11) is -3.73. The molecule has 0 bridgehead atoms. The fourth-order valence-electron chi connectivity index (χ4n) is 2.89. The van der Waals surface area contributed by atoms with Crippen LogP contribution in [-0.4, -0.2) is 44.9 Å². The monoisotopic (exact) mass is 474 g/mol.